The zero-order chi connectivity index (χ0) is 27.9. The fourth-order valence-corrected chi connectivity index (χ4v) is 4.10. The van der Waals surface area contributed by atoms with Crippen LogP contribution in [0.1, 0.15) is 21.5 Å². The summed E-state index contributed by atoms with van der Waals surface area (Å²) in [5.74, 6) is -1.95. The number of nitrogens with zero attached hydrogens (tertiary/aromatic N) is 4. The number of hydrogen-bond donors (Lipinski definition) is 3. The lowest BCUT2D eigenvalue weighted by atomic mass is 9.92. The van der Waals surface area contributed by atoms with Crippen molar-refractivity contribution in [3.8, 4) is 28.0 Å². The van der Waals surface area contributed by atoms with Crippen molar-refractivity contribution in [3.05, 3.63) is 89.8 Å². The van der Waals surface area contributed by atoms with Crippen molar-refractivity contribution in [2.24, 2.45) is 0 Å². The number of aryl methyl sites for hydroxylation is 1. The van der Waals surface area contributed by atoms with Crippen LogP contribution in [-0.4, -0.2) is 30.9 Å². The first-order chi connectivity index (χ1) is 18.5. The molecule has 0 fully saturated rings. The van der Waals surface area contributed by atoms with Crippen LogP contribution in [0.3, 0.4) is 0 Å². The lowest BCUT2D eigenvalue weighted by Crippen LogP contribution is -2.14. The van der Waals surface area contributed by atoms with E-state index in [1.54, 1.807) is 19.1 Å². The van der Waals surface area contributed by atoms with E-state index in [0.717, 1.165) is 24.4 Å². The minimum atomic E-state index is -4.60. The molecule has 0 bridgehead atoms. The summed E-state index contributed by atoms with van der Waals surface area (Å²) < 4.78 is 52.7. The van der Waals surface area contributed by atoms with Crippen molar-refractivity contribution in [2.45, 2.75) is 13.1 Å². The Morgan fingerprint density at radius 3 is 2.49 bits per heavy atom. The SMILES string of the molecule is Cc1ccc(C(=O)Nc2cc(C(F)(F)F)ccn2)cc1-c1cc2cnc(N)nc2c(-c2ccc(F)nc2)c1O. The summed E-state index contributed by atoms with van der Waals surface area (Å²) in [6.45, 7) is 1.76. The summed E-state index contributed by atoms with van der Waals surface area (Å²) >= 11 is 0. The molecule has 4 N–H and O–H groups in total. The van der Waals surface area contributed by atoms with Crippen LogP contribution < -0.4 is 11.1 Å². The van der Waals surface area contributed by atoms with Gasteiger partial charge in [-0.25, -0.2) is 19.9 Å². The number of benzene rings is 2. The number of nitrogens with one attached hydrogen (secondary N) is 1. The van der Waals surface area contributed by atoms with E-state index in [9.17, 15) is 27.5 Å². The van der Waals surface area contributed by atoms with E-state index in [1.807, 2.05) is 0 Å². The number of fused-ring (bicyclic) bond motifs is 1. The summed E-state index contributed by atoms with van der Waals surface area (Å²) in [4.78, 5) is 28.7. The van der Waals surface area contributed by atoms with Gasteiger partial charge in [0.05, 0.1) is 16.6 Å². The van der Waals surface area contributed by atoms with Crippen LogP contribution in [-0.2, 0) is 6.18 Å². The largest absolute Gasteiger partial charge is 0.507 e. The number of pyridine rings is 2. The standard InChI is InChI=1S/C27H18F4N6O2/c1-13-2-3-14(25(39)36-21-10-17(6-7-33-21)27(29,30)31)8-18(13)19-9-16-12-35-26(32)37-23(16)22(24(19)38)15-4-5-20(28)34-11-15/h2-12,38H,1H3,(H2,32,35,37)(H,33,36,39). The second-order valence-electron chi connectivity index (χ2n) is 8.59. The van der Waals surface area contributed by atoms with Gasteiger partial charge in [-0.05, 0) is 60.5 Å². The molecule has 39 heavy (non-hydrogen) atoms. The van der Waals surface area contributed by atoms with Crippen LogP contribution >= 0.6 is 0 Å². The normalized spacial score (nSPS) is 11.5. The van der Waals surface area contributed by atoms with Crippen LogP contribution in [0.4, 0.5) is 29.3 Å². The van der Waals surface area contributed by atoms with Crippen LogP contribution in [0.5, 0.6) is 5.75 Å². The smallest absolute Gasteiger partial charge is 0.416 e. The van der Waals surface area contributed by atoms with Gasteiger partial charge in [-0.1, -0.05) is 6.07 Å². The van der Waals surface area contributed by atoms with Crippen molar-refractivity contribution < 1.29 is 27.5 Å². The van der Waals surface area contributed by atoms with E-state index in [4.69, 9.17) is 5.73 Å². The molecule has 2 aromatic carbocycles. The van der Waals surface area contributed by atoms with Gasteiger partial charge >= 0.3 is 6.18 Å². The summed E-state index contributed by atoms with van der Waals surface area (Å²) in [7, 11) is 0. The van der Waals surface area contributed by atoms with Gasteiger partial charge in [0.15, 0.2) is 0 Å². The third-order valence-electron chi connectivity index (χ3n) is 6.00. The highest BCUT2D eigenvalue weighted by molar-refractivity contribution is 6.06. The average molecular weight is 534 g/mol. The Morgan fingerprint density at radius 1 is 0.974 bits per heavy atom. The molecule has 3 heterocycles. The topological polar surface area (TPSA) is 127 Å². The number of carbonyl (C=O) groups excluding carboxylic acids is 1. The maximum absolute atomic E-state index is 13.5. The lowest BCUT2D eigenvalue weighted by Gasteiger charge is -2.16. The summed E-state index contributed by atoms with van der Waals surface area (Å²) in [6, 6.07) is 10.3. The van der Waals surface area contributed by atoms with Gasteiger partial charge < -0.3 is 16.2 Å². The van der Waals surface area contributed by atoms with E-state index in [-0.39, 0.29) is 28.6 Å². The van der Waals surface area contributed by atoms with E-state index < -0.39 is 23.6 Å². The molecule has 0 spiro atoms. The van der Waals surface area contributed by atoms with Gasteiger partial charge in [0.1, 0.15) is 11.6 Å². The fraction of sp³-hybridized carbons (Fsp3) is 0.0741. The van der Waals surface area contributed by atoms with Gasteiger partial charge in [-0.15, -0.1) is 0 Å². The fourth-order valence-electron chi connectivity index (χ4n) is 4.10. The van der Waals surface area contributed by atoms with Gasteiger partial charge in [-0.3, -0.25) is 4.79 Å². The van der Waals surface area contributed by atoms with E-state index >= 15 is 0 Å². The number of nitrogen functional groups attached to an aromatic ring is 1. The molecule has 0 aliphatic heterocycles. The van der Waals surface area contributed by atoms with Crippen LogP contribution in [0.2, 0.25) is 0 Å². The number of phenolic OH excluding ortho intramolecular Hbond substituents is 1. The van der Waals surface area contributed by atoms with Crippen LogP contribution in [0, 0.1) is 12.9 Å². The van der Waals surface area contributed by atoms with Crippen molar-refractivity contribution in [1.82, 2.24) is 19.9 Å². The Morgan fingerprint density at radius 2 is 1.77 bits per heavy atom. The zero-order valence-corrected chi connectivity index (χ0v) is 20.1. The Bertz CT molecular complexity index is 1740. The molecule has 5 aromatic rings. The Kier molecular flexibility index (Phi) is 6.30. The molecule has 0 saturated carbocycles. The molecule has 0 aliphatic carbocycles. The van der Waals surface area contributed by atoms with Crippen LogP contribution in [0.25, 0.3) is 33.2 Å². The first kappa shape index (κ1) is 25.5. The monoisotopic (exact) mass is 534 g/mol. The predicted octanol–water partition coefficient (Wildman–Crippen LogP) is 5.76. The van der Waals surface area contributed by atoms with Crippen molar-refractivity contribution >= 4 is 28.6 Å². The van der Waals surface area contributed by atoms with Gasteiger partial charge in [0, 0.05) is 40.7 Å². The Hall–Kier alpha value is -5.13. The molecule has 8 nitrogen and oxygen atoms in total. The number of alkyl halides is 3. The number of rotatable bonds is 4. The summed E-state index contributed by atoms with van der Waals surface area (Å²) in [5.41, 5.74) is 7.26. The third-order valence-corrected chi connectivity index (χ3v) is 6.00. The van der Waals surface area contributed by atoms with Crippen molar-refractivity contribution in [3.63, 3.8) is 0 Å². The molecule has 0 saturated heterocycles. The maximum Gasteiger partial charge on any atom is 0.416 e. The highest BCUT2D eigenvalue weighted by atomic mass is 19.4. The molecular weight excluding hydrogens is 516 g/mol. The molecule has 1 amide bonds. The molecule has 0 aliphatic rings. The van der Waals surface area contributed by atoms with Crippen molar-refractivity contribution in [2.75, 3.05) is 11.1 Å². The predicted molar refractivity (Wildman–Crippen MR) is 136 cm³/mol. The molecule has 0 atom stereocenters. The first-order valence-electron chi connectivity index (χ1n) is 11.4. The number of aromatic hydroxyl groups is 1. The number of amides is 1. The van der Waals surface area contributed by atoms with E-state index in [0.29, 0.717) is 33.2 Å². The zero-order valence-electron chi connectivity index (χ0n) is 20.1. The van der Waals surface area contributed by atoms with Crippen molar-refractivity contribution in [1.29, 1.82) is 0 Å². The summed E-state index contributed by atoms with van der Waals surface area (Å²) in [5, 5.41) is 14.3. The quantitative estimate of drug-likeness (QED) is 0.198. The highest BCUT2D eigenvalue weighted by Gasteiger charge is 2.31. The number of anilines is 2. The van der Waals surface area contributed by atoms with Gasteiger partial charge in [0.2, 0.25) is 11.9 Å². The number of hydrogen-bond acceptors (Lipinski definition) is 7. The molecule has 12 heteroatoms. The molecule has 5 rings (SSSR count). The minimum Gasteiger partial charge on any atom is -0.507 e. The minimum absolute atomic E-state index is 0.0379. The Labute approximate surface area is 218 Å². The maximum atomic E-state index is 13.5. The molecule has 0 radical (unpaired) electrons. The number of halogens is 4. The molecule has 196 valence electrons. The van der Waals surface area contributed by atoms with E-state index in [2.05, 4.69) is 25.3 Å². The lowest BCUT2D eigenvalue weighted by molar-refractivity contribution is -0.137. The molecule has 0 unspecified atom stereocenters. The number of nitrogens with two attached hydrogens (primary N) is 1. The van der Waals surface area contributed by atoms with Crippen LogP contribution in [0.15, 0.2) is 67.1 Å². The van der Waals surface area contributed by atoms with Gasteiger partial charge in [-0.2, -0.15) is 17.6 Å². The number of aromatic nitrogens is 4. The molecule has 3 aromatic heterocycles. The van der Waals surface area contributed by atoms with E-state index in [1.165, 1.54) is 30.6 Å². The third kappa shape index (κ3) is 5.04. The average Bonchev–Trinajstić information content (AvgIpc) is 2.89. The highest BCUT2D eigenvalue weighted by Crippen LogP contribution is 2.44. The Balaban J connectivity index is 1.61. The number of phenols is 1. The first-order valence-corrected chi connectivity index (χ1v) is 11.4. The van der Waals surface area contributed by atoms with Gasteiger partial charge in [0.25, 0.3) is 5.91 Å². The number of carbonyl (C=O) groups is 1. The second kappa shape index (κ2) is 9.63. The summed E-state index contributed by atoms with van der Waals surface area (Å²) in [6.07, 6.45) is -0.942. The second-order valence-corrected chi connectivity index (χ2v) is 8.59. The molecular formula is C27H18F4N6O2.